The molecular formula is C11H26N3+. The number of nitrogens with zero attached hydrogens (tertiary/aromatic N) is 2. The van der Waals surface area contributed by atoms with Gasteiger partial charge in [0.05, 0.1) is 19.6 Å². The second-order valence-corrected chi connectivity index (χ2v) is 3.59. The summed E-state index contributed by atoms with van der Waals surface area (Å²) in [6, 6.07) is 0. The lowest BCUT2D eigenvalue weighted by Gasteiger charge is -2.39. The van der Waals surface area contributed by atoms with Crippen LogP contribution < -0.4 is 0 Å². The fraction of sp³-hybridized carbons (Fsp3) is 0.909. The molecule has 0 unspecified atom stereocenters. The van der Waals surface area contributed by atoms with E-state index in [1.165, 1.54) is 0 Å². The van der Waals surface area contributed by atoms with E-state index in [-0.39, 0.29) is 0 Å². The van der Waals surface area contributed by atoms with Gasteiger partial charge in [-0.05, 0) is 34.6 Å². The van der Waals surface area contributed by atoms with Crippen molar-refractivity contribution in [2.45, 2.75) is 34.6 Å². The predicted octanol–water partition coefficient (Wildman–Crippen LogP) is 2.14. The second kappa shape index (κ2) is 6.02. The number of nitrogens with one attached hydrogen (secondary N) is 1. The van der Waals surface area contributed by atoms with Gasteiger partial charge in [0.2, 0.25) is 0 Å². The molecule has 0 saturated heterocycles. The van der Waals surface area contributed by atoms with Crippen LogP contribution in [0.3, 0.4) is 0 Å². The van der Waals surface area contributed by atoms with Crippen LogP contribution in [-0.4, -0.2) is 48.1 Å². The smallest absolute Gasteiger partial charge is 0.297 e. The third kappa shape index (κ3) is 2.47. The van der Waals surface area contributed by atoms with Crippen LogP contribution in [0.5, 0.6) is 0 Å². The van der Waals surface area contributed by atoms with Crippen LogP contribution in [0.1, 0.15) is 34.6 Å². The van der Waals surface area contributed by atoms with Gasteiger partial charge >= 0.3 is 0 Å². The summed E-state index contributed by atoms with van der Waals surface area (Å²) < 4.78 is 0.807. The van der Waals surface area contributed by atoms with Gasteiger partial charge in [0.15, 0.2) is 0 Å². The molecule has 3 nitrogen and oxygen atoms in total. The number of rotatable bonds is 5. The summed E-state index contributed by atoms with van der Waals surface area (Å²) in [7, 11) is 0. The molecule has 0 aromatic carbocycles. The summed E-state index contributed by atoms with van der Waals surface area (Å²) in [5.74, 6) is 0.780. The molecule has 0 fully saturated rings. The van der Waals surface area contributed by atoms with Crippen molar-refractivity contribution in [1.29, 1.82) is 5.41 Å². The minimum atomic E-state index is 0.780. The van der Waals surface area contributed by atoms with Crippen LogP contribution in [-0.2, 0) is 0 Å². The van der Waals surface area contributed by atoms with Crippen LogP contribution in [0.4, 0.5) is 0 Å². The van der Waals surface area contributed by atoms with E-state index >= 15 is 0 Å². The van der Waals surface area contributed by atoms with Gasteiger partial charge in [-0.1, -0.05) is 0 Å². The van der Waals surface area contributed by atoms with Gasteiger partial charge in [-0.15, -0.1) is 0 Å². The molecule has 0 spiro atoms. The van der Waals surface area contributed by atoms with E-state index in [1.807, 2.05) is 0 Å². The summed E-state index contributed by atoms with van der Waals surface area (Å²) in [5, 5.41) is 8.25. The lowest BCUT2D eigenvalue weighted by atomic mass is 10.3. The maximum absolute atomic E-state index is 8.25. The second-order valence-electron chi connectivity index (χ2n) is 3.59. The molecule has 0 radical (unpaired) electrons. The fourth-order valence-electron chi connectivity index (χ4n) is 1.94. The SMILES string of the molecule is CCN(CC)C(=N)[N+](CC)(CC)CC. The molecule has 0 aliphatic heterocycles. The van der Waals surface area contributed by atoms with Crippen LogP contribution in [0, 0.1) is 5.41 Å². The summed E-state index contributed by atoms with van der Waals surface area (Å²) in [6.45, 7) is 15.7. The number of hydrogen-bond donors (Lipinski definition) is 1. The Hall–Kier alpha value is -0.570. The van der Waals surface area contributed by atoms with Gasteiger partial charge in [0, 0.05) is 13.1 Å². The Morgan fingerprint density at radius 3 is 1.50 bits per heavy atom. The molecule has 0 atom stereocenters. The summed E-state index contributed by atoms with van der Waals surface area (Å²) >= 11 is 0. The van der Waals surface area contributed by atoms with E-state index in [4.69, 9.17) is 5.41 Å². The van der Waals surface area contributed by atoms with Gasteiger partial charge in [-0.3, -0.25) is 4.48 Å². The minimum Gasteiger partial charge on any atom is -0.312 e. The topological polar surface area (TPSA) is 27.1 Å². The summed E-state index contributed by atoms with van der Waals surface area (Å²) in [5.41, 5.74) is 0. The summed E-state index contributed by atoms with van der Waals surface area (Å²) in [6.07, 6.45) is 0. The number of quaternary nitrogens is 1. The van der Waals surface area contributed by atoms with Gasteiger partial charge in [-0.2, -0.15) is 0 Å². The van der Waals surface area contributed by atoms with Crippen molar-refractivity contribution in [2.75, 3.05) is 32.7 Å². The normalized spacial score (nSPS) is 11.5. The number of guanidine groups is 1. The van der Waals surface area contributed by atoms with E-state index in [0.29, 0.717) is 0 Å². The first-order valence-corrected chi connectivity index (χ1v) is 5.81. The highest BCUT2D eigenvalue weighted by molar-refractivity contribution is 5.69. The molecule has 0 aromatic rings. The Bertz CT molecular complexity index is 161. The molecule has 0 amide bonds. The lowest BCUT2D eigenvalue weighted by molar-refractivity contribution is -0.842. The van der Waals surface area contributed by atoms with E-state index in [2.05, 4.69) is 39.5 Å². The average molecular weight is 200 g/mol. The zero-order valence-electron chi connectivity index (χ0n) is 10.4. The maximum Gasteiger partial charge on any atom is 0.297 e. The molecule has 3 heteroatoms. The first-order valence-electron chi connectivity index (χ1n) is 5.81. The van der Waals surface area contributed by atoms with Crippen molar-refractivity contribution in [3.63, 3.8) is 0 Å². The van der Waals surface area contributed by atoms with Crippen molar-refractivity contribution in [1.82, 2.24) is 4.90 Å². The molecule has 0 bridgehead atoms. The first kappa shape index (κ1) is 13.4. The molecule has 0 aromatic heterocycles. The molecule has 0 heterocycles. The van der Waals surface area contributed by atoms with Crippen molar-refractivity contribution in [3.05, 3.63) is 0 Å². The fourth-order valence-corrected chi connectivity index (χ4v) is 1.94. The number of hydrogen-bond acceptors (Lipinski definition) is 1. The Balaban J connectivity index is 4.73. The van der Waals surface area contributed by atoms with Gasteiger partial charge in [0.25, 0.3) is 5.96 Å². The van der Waals surface area contributed by atoms with E-state index in [1.54, 1.807) is 0 Å². The van der Waals surface area contributed by atoms with Crippen molar-refractivity contribution in [3.8, 4) is 0 Å². The molecule has 0 aliphatic carbocycles. The quantitative estimate of drug-likeness (QED) is 0.411. The summed E-state index contributed by atoms with van der Waals surface area (Å²) in [4.78, 5) is 2.15. The highest BCUT2D eigenvalue weighted by atomic mass is 15.5. The van der Waals surface area contributed by atoms with Crippen molar-refractivity contribution < 1.29 is 4.48 Å². The van der Waals surface area contributed by atoms with E-state index in [0.717, 1.165) is 43.2 Å². The van der Waals surface area contributed by atoms with Gasteiger partial charge in [-0.25, -0.2) is 5.41 Å². The Morgan fingerprint density at radius 1 is 0.929 bits per heavy atom. The van der Waals surface area contributed by atoms with Crippen LogP contribution >= 0.6 is 0 Å². The Morgan fingerprint density at radius 2 is 1.29 bits per heavy atom. The Labute approximate surface area is 88.8 Å². The molecule has 84 valence electrons. The third-order valence-corrected chi connectivity index (χ3v) is 3.33. The van der Waals surface area contributed by atoms with Crippen LogP contribution in [0.15, 0.2) is 0 Å². The molecule has 0 saturated carbocycles. The highest BCUT2D eigenvalue weighted by Crippen LogP contribution is 2.10. The third-order valence-electron chi connectivity index (χ3n) is 3.33. The zero-order chi connectivity index (χ0) is 11.2. The van der Waals surface area contributed by atoms with Crippen LogP contribution in [0.2, 0.25) is 0 Å². The molecule has 0 aliphatic rings. The van der Waals surface area contributed by atoms with Crippen molar-refractivity contribution >= 4 is 5.96 Å². The van der Waals surface area contributed by atoms with Crippen molar-refractivity contribution in [2.24, 2.45) is 0 Å². The standard InChI is InChI=1S/C11H26N3/c1-6-13(7-2)11(12)14(8-3,9-4)10-5/h12H,6-10H2,1-5H3/q+1. The first-order chi connectivity index (χ1) is 6.61. The molecule has 14 heavy (non-hydrogen) atoms. The van der Waals surface area contributed by atoms with E-state index in [9.17, 15) is 0 Å². The maximum atomic E-state index is 8.25. The average Bonchev–Trinajstić information content (AvgIpc) is 2.23. The lowest BCUT2D eigenvalue weighted by Crippen LogP contribution is -2.58. The molecule has 0 rings (SSSR count). The Kier molecular flexibility index (Phi) is 5.77. The van der Waals surface area contributed by atoms with Gasteiger partial charge in [0.1, 0.15) is 0 Å². The molecular weight excluding hydrogens is 174 g/mol. The molecule has 1 N–H and O–H groups in total. The minimum absolute atomic E-state index is 0.780. The largest absolute Gasteiger partial charge is 0.312 e. The van der Waals surface area contributed by atoms with Gasteiger partial charge < -0.3 is 4.90 Å². The van der Waals surface area contributed by atoms with Crippen LogP contribution in [0.25, 0.3) is 0 Å². The highest BCUT2D eigenvalue weighted by Gasteiger charge is 2.30. The monoisotopic (exact) mass is 200 g/mol. The van der Waals surface area contributed by atoms with E-state index < -0.39 is 0 Å². The predicted molar refractivity (Wildman–Crippen MR) is 62.5 cm³/mol. The zero-order valence-corrected chi connectivity index (χ0v) is 10.4.